The Hall–Kier alpha value is -1.16. The van der Waals surface area contributed by atoms with Crippen LogP contribution in [-0.4, -0.2) is 23.5 Å². The molecular weight excluding hydrogens is 276 g/mol. The quantitative estimate of drug-likeness (QED) is 0.922. The highest BCUT2D eigenvalue weighted by molar-refractivity contribution is 7.10. The Kier molecular flexibility index (Phi) is 4.16. The van der Waals surface area contributed by atoms with Gasteiger partial charge in [-0.05, 0) is 43.3 Å². The third-order valence-electron chi connectivity index (χ3n) is 4.31. The van der Waals surface area contributed by atoms with E-state index in [9.17, 15) is 0 Å². The summed E-state index contributed by atoms with van der Waals surface area (Å²) >= 11 is 1.88. The van der Waals surface area contributed by atoms with Crippen molar-refractivity contribution in [1.29, 1.82) is 0 Å². The number of benzene rings is 1. The zero-order valence-corrected chi connectivity index (χ0v) is 13.9. The number of hydrogen-bond donors (Lipinski definition) is 1. The molecule has 2 nitrogen and oxygen atoms in total. The molecule has 0 aliphatic carbocycles. The van der Waals surface area contributed by atoms with Gasteiger partial charge in [0.25, 0.3) is 0 Å². The summed E-state index contributed by atoms with van der Waals surface area (Å²) in [5.74, 6) is 0. The van der Waals surface area contributed by atoms with Gasteiger partial charge in [0.15, 0.2) is 0 Å². The average Bonchev–Trinajstić information content (AvgIpc) is 2.85. The van der Waals surface area contributed by atoms with Gasteiger partial charge in [0.05, 0.1) is 0 Å². The maximum atomic E-state index is 3.69. The number of thiophene rings is 1. The minimum absolute atomic E-state index is 0.177. The fourth-order valence-corrected chi connectivity index (χ4v) is 4.03. The molecule has 21 heavy (non-hydrogen) atoms. The maximum Gasteiger partial charge on any atom is 0.0477 e. The summed E-state index contributed by atoms with van der Waals surface area (Å²) in [5, 5.41) is 5.90. The van der Waals surface area contributed by atoms with Crippen LogP contribution in [0.25, 0.3) is 0 Å². The van der Waals surface area contributed by atoms with Crippen LogP contribution in [0.1, 0.15) is 35.9 Å². The summed E-state index contributed by atoms with van der Waals surface area (Å²) in [6.07, 6.45) is 0. The largest absolute Gasteiger partial charge is 0.309 e. The molecule has 1 unspecified atom stereocenters. The lowest BCUT2D eigenvalue weighted by Gasteiger charge is -2.44. The lowest BCUT2D eigenvalue weighted by molar-refractivity contribution is 0.0888. The Morgan fingerprint density at radius 2 is 2.00 bits per heavy atom. The number of nitrogens with one attached hydrogen (secondary N) is 1. The molecule has 112 valence electrons. The van der Waals surface area contributed by atoms with E-state index in [4.69, 9.17) is 0 Å². The zero-order valence-electron chi connectivity index (χ0n) is 13.1. The first-order valence-electron chi connectivity index (χ1n) is 7.62. The molecule has 0 amide bonds. The van der Waals surface area contributed by atoms with Gasteiger partial charge in [0, 0.05) is 36.1 Å². The molecule has 1 aliphatic rings. The first-order chi connectivity index (χ1) is 10.1. The number of nitrogens with zero attached hydrogens (tertiary/aromatic N) is 1. The molecule has 0 radical (unpaired) electrons. The Morgan fingerprint density at radius 3 is 2.67 bits per heavy atom. The van der Waals surface area contributed by atoms with E-state index in [-0.39, 0.29) is 5.54 Å². The van der Waals surface area contributed by atoms with Crippen molar-refractivity contribution < 1.29 is 0 Å². The molecule has 2 heterocycles. The molecule has 3 rings (SSSR count). The van der Waals surface area contributed by atoms with Crippen LogP contribution < -0.4 is 5.32 Å². The second-order valence-corrected chi connectivity index (χ2v) is 7.62. The smallest absolute Gasteiger partial charge is 0.0477 e. The van der Waals surface area contributed by atoms with Crippen molar-refractivity contribution in [2.24, 2.45) is 0 Å². The Balaban J connectivity index is 1.85. The Labute approximate surface area is 131 Å². The fourth-order valence-electron chi connectivity index (χ4n) is 3.10. The topological polar surface area (TPSA) is 15.3 Å². The van der Waals surface area contributed by atoms with Crippen molar-refractivity contribution in [1.82, 2.24) is 10.2 Å². The summed E-state index contributed by atoms with van der Waals surface area (Å²) < 4.78 is 0. The monoisotopic (exact) mass is 300 g/mol. The van der Waals surface area contributed by atoms with Crippen LogP contribution in [-0.2, 0) is 6.54 Å². The van der Waals surface area contributed by atoms with Crippen LogP contribution in [0.5, 0.6) is 0 Å². The van der Waals surface area contributed by atoms with E-state index in [0.29, 0.717) is 6.04 Å². The summed E-state index contributed by atoms with van der Waals surface area (Å²) in [6, 6.07) is 13.6. The maximum absolute atomic E-state index is 3.69. The van der Waals surface area contributed by atoms with E-state index < -0.39 is 0 Å². The van der Waals surface area contributed by atoms with Gasteiger partial charge in [-0.2, -0.15) is 0 Å². The lowest BCUT2D eigenvalue weighted by atomic mass is 9.94. The van der Waals surface area contributed by atoms with Crippen molar-refractivity contribution in [3.63, 3.8) is 0 Å². The van der Waals surface area contributed by atoms with Gasteiger partial charge >= 0.3 is 0 Å². The molecule has 3 heteroatoms. The second-order valence-electron chi connectivity index (χ2n) is 6.62. The molecule has 1 aliphatic heterocycles. The Morgan fingerprint density at radius 1 is 1.24 bits per heavy atom. The molecular formula is C18H24N2S. The number of piperazine rings is 1. The van der Waals surface area contributed by atoms with Crippen molar-refractivity contribution in [3.8, 4) is 0 Å². The summed E-state index contributed by atoms with van der Waals surface area (Å²) in [5.41, 5.74) is 3.01. The molecule has 2 aromatic rings. The van der Waals surface area contributed by atoms with E-state index in [2.05, 4.69) is 72.8 Å². The van der Waals surface area contributed by atoms with Gasteiger partial charge in [-0.25, -0.2) is 0 Å². The van der Waals surface area contributed by atoms with E-state index in [1.165, 1.54) is 16.0 Å². The van der Waals surface area contributed by atoms with Crippen LogP contribution >= 0.6 is 11.3 Å². The first-order valence-corrected chi connectivity index (χ1v) is 8.50. The third kappa shape index (κ3) is 3.37. The van der Waals surface area contributed by atoms with E-state index in [0.717, 1.165) is 19.6 Å². The van der Waals surface area contributed by atoms with Gasteiger partial charge in [-0.1, -0.05) is 30.3 Å². The number of hydrogen-bond acceptors (Lipinski definition) is 3. The van der Waals surface area contributed by atoms with E-state index in [1.807, 2.05) is 11.3 Å². The SMILES string of the molecule is Cc1ccsc1CN1CC(C)(C)NCC1c1ccccc1. The van der Waals surface area contributed by atoms with Gasteiger partial charge in [-0.3, -0.25) is 4.90 Å². The first kappa shape index (κ1) is 14.8. The predicted octanol–water partition coefficient (Wildman–Crippen LogP) is 3.98. The molecule has 1 saturated heterocycles. The number of rotatable bonds is 3. The third-order valence-corrected chi connectivity index (χ3v) is 5.32. The van der Waals surface area contributed by atoms with Gasteiger partial charge < -0.3 is 5.32 Å². The minimum Gasteiger partial charge on any atom is -0.309 e. The van der Waals surface area contributed by atoms with Crippen molar-refractivity contribution in [2.75, 3.05) is 13.1 Å². The minimum atomic E-state index is 0.177. The van der Waals surface area contributed by atoms with E-state index >= 15 is 0 Å². The van der Waals surface area contributed by atoms with Crippen molar-refractivity contribution in [2.45, 2.75) is 38.9 Å². The standard InChI is InChI=1S/C18H24N2S/c1-14-9-10-21-17(14)12-20-13-18(2,3)19-11-16(20)15-7-5-4-6-8-15/h4-10,16,19H,11-13H2,1-3H3. The van der Waals surface area contributed by atoms with Crippen LogP contribution in [0.3, 0.4) is 0 Å². The van der Waals surface area contributed by atoms with Gasteiger partial charge in [0.1, 0.15) is 0 Å². The fraction of sp³-hybridized carbons (Fsp3) is 0.444. The zero-order chi connectivity index (χ0) is 14.9. The predicted molar refractivity (Wildman–Crippen MR) is 90.7 cm³/mol. The molecule has 1 N–H and O–H groups in total. The van der Waals surface area contributed by atoms with E-state index in [1.54, 1.807) is 0 Å². The highest BCUT2D eigenvalue weighted by Crippen LogP contribution is 2.30. The number of aryl methyl sites for hydroxylation is 1. The van der Waals surface area contributed by atoms with Crippen LogP contribution in [0.4, 0.5) is 0 Å². The molecule has 0 saturated carbocycles. The second kappa shape index (κ2) is 5.91. The molecule has 0 bridgehead atoms. The van der Waals surface area contributed by atoms with Gasteiger partial charge in [0.2, 0.25) is 0 Å². The molecule has 0 spiro atoms. The molecule has 1 aromatic heterocycles. The highest BCUT2D eigenvalue weighted by Gasteiger charge is 2.33. The van der Waals surface area contributed by atoms with Crippen molar-refractivity contribution in [3.05, 3.63) is 57.8 Å². The molecule has 1 atom stereocenters. The highest BCUT2D eigenvalue weighted by atomic mass is 32.1. The molecule has 1 fully saturated rings. The van der Waals surface area contributed by atoms with Crippen molar-refractivity contribution >= 4 is 11.3 Å². The normalized spacial score (nSPS) is 22.3. The molecule has 1 aromatic carbocycles. The van der Waals surface area contributed by atoms with Crippen LogP contribution in [0.15, 0.2) is 41.8 Å². The summed E-state index contributed by atoms with van der Waals surface area (Å²) in [6.45, 7) is 9.95. The van der Waals surface area contributed by atoms with Crippen LogP contribution in [0.2, 0.25) is 0 Å². The average molecular weight is 300 g/mol. The van der Waals surface area contributed by atoms with Crippen LogP contribution in [0, 0.1) is 6.92 Å². The lowest BCUT2D eigenvalue weighted by Crippen LogP contribution is -2.57. The summed E-state index contributed by atoms with van der Waals surface area (Å²) in [4.78, 5) is 4.12. The Bertz CT molecular complexity index is 588. The summed E-state index contributed by atoms with van der Waals surface area (Å²) in [7, 11) is 0. The van der Waals surface area contributed by atoms with Gasteiger partial charge in [-0.15, -0.1) is 11.3 Å².